The molecular formula is C61H40N2. The molecule has 11 aromatic rings. The number of aromatic nitrogens is 1. The van der Waals surface area contributed by atoms with E-state index in [-0.39, 0.29) is 0 Å². The third kappa shape index (κ3) is 5.13. The van der Waals surface area contributed by atoms with Crippen LogP contribution in [0.3, 0.4) is 0 Å². The lowest BCUT2D eigenvalue weighted by Gasteiger charge is -2.32. The van der Waals surface area contributed by atoms with Crippen LogP contribution in [-0.2, 0) is 5.41 Å². The van der Waals surface area contributed by atoms with Gasteiger partial charge in [0.2, 0.25) is 0 Å². The Kier molecular flexibility index (Phi) is 7.85. The molecule has 0 saturated heterocycles. The van der Waals surface area contributed by atoms with E-state index in [2.05, 4.69) is 252 Å². The zero-order valence-electron chi connectivity index (χ0n) is 34.5. The predicted molar refractivity (Wildman–Crippen MR) is 263 cm³/mol. The molecule has 2 aliphatic rings. The van der Waals surface area contributed by atoms with Crippen LogP contribution in [0.4, 0.5) is 17.1 Å². The predicted octanol–water partition coefficient (Wildman–Crippen LogP) is 15.9. The van der Waals surface area contributed by atoms with E-state index < -0.39 is 5.41 Å². The van der Waals surface area contributed by atoms with Crippen LogP contribution >= 0.6 is 0 Å². The molecule has 1 spiro atoms. The van der Waals surface area contributed by atoms with Gasteiger partial charge in [-0.25, -0.2) is 0 Å². The van der Waals surface area contributed by atoms with Gasteiger partial charge in [-0.3, -0.25) is 0 Å². The number of anilines is 3. The first-order chi connectivity index (χ1) is 31.3. The molecule has 0 aliphatic heterocycles. The number of fused-ring (bicyclic) bond motifs is 13. The van der Waals surface area contributed by atoms with Gasteiger partial charge in [0.05, 0.1) is 22.1 Å². The van der Waals surface area contributed by atoms with Crippen molar-refractivity contribution in [2.45, 2.75) is 5.41 Å². The molecule has 2 nitrogen and oxygen atoms in total. The molecule has 13 rings (SSSR count). The molecule has 294 valence electrons. The van der Waals surface area contributed by atoms with Crippen molar-refractivity contribution in [1.82, 2.24) is 4.57 Å². The standard InChI is InChI=1S/C61H40N2/c1-4-19-41(20-5-1)43-23-16-26-45(39-43)62(46-37-38-56-51(40-46)59-47(42-21-6-2-7-22-42)30-17-35-57(59)63(56)44-24-8-3-9-25-44)58-36-18-34-55-60(58)50-29-12-15-33-54(50)61(55)52-31-13-10-27-48(52)49-28-11-14-32-53(49)61/h1-40H. The highest BCUT2D eigenvalue weighted by Crippen LogP contribution is 2.64. The van der Waals surface area contributed by atoms with E-state index in [4.69, 9.17) is 0 Å². The second-order valence-corrected chi connectivity index (χ2v) is 16.8. The van der Waals surface area contributed by atoms with Crippen molar-refractivity contribution in [2.75, 3.05) is 4.90 Å². The zero-order valence-corrected chi connectivity index (χ0v) is 34.5. The van der Waals surface area contributed by atoms with E-state index >= 15 is 0 Å². The Labute approximate surface area is 367 Å². The van der Waals surface area contributed by atoms with Gasteiger partial charge in [-0.15, -0.1) is 0 Å². The highest BCUT2D eigenvalue weighted by atomic mass is 15.1. The second kappa shape index (κ2) is 13.9. The molecule has 2 aliphatic carbocycles. The van der Waals surface area contributed by atoms with Crippen LogP contribution in [0.15, 0.2) is 243 Å². The Morgan fingerprint density at radius 2 is 0.857 bits per heavy atom. The summed E-state index contributed by atoms with van der Waals surface area (Å²) >= 11 is 0. The van der Waals surface area contributed by atoms with Gasteiger partial charge < -0.3 is 9.47 Å². The zero-order chi connectivity index (χ0) is 41.5. The molecule has 2 heteroatoms. The summed E-state index contributed by atoms with van der Waals surface area (Å²) in [5.74, 6) is 0. The fourth-order valence-corrected chi connectivity index (χ4v) is 11.1. The maximum atomic E-state index is 2.52. The summed E-state index contributed by atoms with van der Waals surface area (Å²) in [6.07, 6.45) is 0. The van der Waals surface area contributed by atoms with Gasteiger partial charge in [0.1, 0.15) is 0 Å². The minimum Gasteiger partial charge on any atom is -0.310 e. The van der Waals surface area contributed by atoms with Crippen molar-refractivity contribution in [2.24, 2.45) is 0 Å². The minimum absolute atomic E-state index is 0.454. The van der Waals surface area contributed by atoms with Gasteiger partial charge in [0.15, 0.2) is 0 Å². The first-order valence-corrected chi connectivity index (χ1v) is 21.9. The lowest BCUT2D eigenvalue weighted by molar-refractivity contribution is 0.794. The van der Waals surface area contributed by atoms with E-state index in [0.29, 0.717) is 0 Å². The number of hydrogen-bond acceptors (Lipinski definition) is 1. The molecule has 1 aromatic heterocycles. The smallest absolute Gasteiger partial charge is 0.0726 e. The van der Waals surface area contributed by atoms with E-state index in [0.717, 1.165) is 22.7 Å². The maximum Gasteiger partial charge on any atom is 0.0726 e. The van der Waals surface area contributed by atoms with Crippen LogP contribution in [0, 0.1) is 0 Å². The third-order valence-electron chi connectivity index (χ3n) is 13.6. The summed E-state index contributed by atoms with van der Waals surface area (Å²) in [4.78, 5) is 2.52. The molecule has 63 heavy (non-hydrogen) atoms. The highest BCUT2D eigenvalue weighted by molar-refractivity contribution is 6.17. The van der Waals surface area contributed by atoms with Crippen LogP contribution in [0.1, 0.15) is 22.3 Å². The minimum atomic E-state index is -0.454. The summed E-state index contributed by atoms with van der Waals surface area (Å²) in [6, 6.07) is 89.5. The molecule has 0 fully saturated rings. The first kappa shape index (κ1) is 35.5. The number of benzene rings is 10. The second-order valence-electron chi connectivity index (χ2n) is 16.8. The van der Waals surface area contributed by atoms with Gasteiger partial charge in [-0.05, 0) is 116 Å². The number of para-hydroxylation sites is 1. The van der Waals surface area contributed by atoms with E-state index in [1.54, 1.807) is 0 Å². The Balaban J connectivity index is 1.13. The molecule has 0 amide bonds. The Hall–Kier alpha value is -8.20. The van der Waals surface area contributed by atoms with Crippen LogP contribution in [0.5, 0.6) is 0 Å². The number of hydrogen-bond donors (Lipinski definition) is 0. The molecule has 0 bridgehead atoms. The lowest BCUT2D eigenvalue weighted by atomic mass is 9.70. The van der Waals surface area contributed by atoms with Crippen molar-refractivity contribution in [3.05, 3.63) is 265 Å². The monoisotopic (exact) mass is 800 g/mol. The Morgan fingerprint density at radius 3 is 1.57 bits per heavy atom. The van der Waals surface area contributed by atoms with E-state index in [1.807, 2.05) is 0 Å². The average Bonchev–Trinajstić information content (AvgIpc) is 3.97. The van der Waals surface area contributed by atoms with Crippen LogP contribution in [0.2, 0.25) is 0 Å². The molecule has 0 unspecified atom stereocenters. The molecule has 0 atom stereocenters. The third-order valence-corrected chi connectivity index (χ3v) is 13.6. The molecule has 1 heterocycles. The molecule has 0 radical (unpaired) electrons. The van der Waals surface area contributed by atoms with Crippen molar-refractivity contribution < 1.29 is 0 Å². The normalized spacial score (nSPS) is 12.9. The van der Waals surface area contributed by atoms with Crippen molar-refractivity contribution in [3.63, 3.8) is 0 Å². The van der Waals surface area contributed by atoms with Gasteiger partial charge >= 0.3 is 0 Å². The Morgan fingerprint density at radius 1 is 0.333 bits per heavy atom. The highest BCUT2D eigenvalue weighted by Gasteiger charge is 2.52. The van der Waals surface area contributed by atoms with Gasteiger partial charge in [0.25, 0.3) is 0 Å². The van der Waals surface area contributed by atoms with E-state index in [1.165, 1.54) is 88.6 Å². The van der Waals surface area contributed by atoms with Crippen LogP contribution in [0.25, 0.3) is 72.0 Å². The fraction of sp³-hybridized carbons (Fsp3) is 0.0164. The summed E-state index contributed by atoms with van der Waals surface area (Å²) in [5.41, 5.74) is 21.7. The average molecular weight is 801 g/mol. The largest absolute Gasteiger partial charge is 0.310 e. The molecule has 0 saturated carbocycles. The molecule has 10 aromatic carbocycles. The summed E-state index contributed by atoms with van der Waals surface area (Å²) in [7, 11) is 0. The summed E-state index contributed by atoms with van der Waals surface area (Å²) < 4.78 is 2.43. The van der Waals surface area contributed by atoms with E-state index in [9.17, 15) is 0 Å². The molecular weight excluding hydrogens is 761 g/mol. The first-order valence-electron chi connectivity index (χ1n) is 21.9. The van der Waals surface area contributed by atoms with Gasteiger partial charge in [-0.1, -0.05) is 188 Å². The van der Waals surface area contributed by atoms with Crippen LogP contribution in [-0.4, -0.2) is 4.57 Å². The van der Waals surface area contributed by atoms with Crippen molar-refractivity contribution in [3.8, 4) is 50.2 Å². The van der Waals surface area contributed by atoms with Crippen molar-refractivity contribution >= 4 is 38.9 Å². The topological polar surface area (TPSA) is 8.17 Å². The van der Waals surface area contributed by atoms with Crippen molar-refractivity contribution in [1.29, 1.82) is 0 Å². The number of nitrogens with zero attached hydrogens (tertiary/aromatic N) is 2. The molecule has 0 N–H and O–H groups in total. The fourth-order valence-electron chi connectivity index (χ4n) is 11.1. The Bertz CT molecular complexity index is 3520. The maximum absolute atomic E-state index is 2.52. The van der Waals surface area contributed by atoms with Gasteiger partial charge in [-0.2, -0.15) is 0 Å². The summed E-state index contributed by atoms with van der Waals surface area (Å²) in [6.45, 7) is 0. The SMILES string of the molecule is c1ccc(-c2cccc(N(c3ccc4c(c3)c3c(-c5ccccc5)cccc3n4-c3ccccc3)c3cccc4c3-c3ccccc3C43c4ccccc4-c4ccccc43)c2)cc1. The number of rotatable bonds is 6. The van der Waals surface area contributed by atoms with Crippen LogP contribution < -0.4 is 4.90 Å². The summed E-state index contributed by atoms with van der Waals surface area (Å²) in [5, 5.41) is 2.45. The lowest BCUT2D eigenvalue weighted by Crippen LogP contribution is -2.26. The quantitative estimate of drug-likeness (QED) is 0.163. The van der Waals surface area contributed by atoms with Gasteiger partial charge in [0, 0.05) is 33.4 Å².